The van der Waals surface area contributed by atoms with Crippen molar-refractivity contribution in [2.75, 3.05) is 22.9 Å². The van der Waals surface area contributed by atoms with Gasteiger partial charge in [-0.1, -0.05) is 0 Å². The fourth-order valence-electron chi connectivity index (χ4n) is 1.81. The van der Waals surface area contributed by atoms with E-state index in [9.17, 15) is 0 Å². The number of imidazole rings is 1. The molecule has 0 saturated heterocycles. The largest absolute Gasteiger partial charge is 0.393 e. The number of nitrogens with two attached hydrogens (primary N) is 1. The monoisotopic (exact) mass is 275 g/mol. The molecular formula is C13H21N7. The molecule has 0 atom stereocenters. The van der Waals surface area contributed by atoms with Crippen LogP contribution in [0.4, 0.5) is 17.3 Å². The van der Waals surface area contributed by atoms with Gasteiger partial charge in [-0.05, 0) is 20.3 Å². The Balaban J connectivity index is 1.86. The molecule has 7 nitrogen and oxygen atoms in total. The van der Waals surface area contributed by atoms with E-state index >= 15 is 0 Å². The lowest BCUT2D eigenvalue weighted by Gasteiger charge is -2.14. The summed E-state index contributed by atoms with van der Waals surface area (Å²) in [5, 5.41) is 6.44. The smallest absolute Gasteiger partial charge is 0.155 e. The summed E-state index contributed by atoms with van der Waals surface area (Å²) in [6.07, 6.45) is 8.01. The van der Waals surface area contributed by atoms with Crippen LogP contribution in [0.2, 0.25) is 0 Å². The lowest BCUT2D eigenvalue weighted by atomic mass is 10.3. The van der Waals surface area contributed by atoms with Crippen LogP contribution in [-0.4, -0.2) is 32.1 Å². The standard InChI is InChI=1S/C13H21N7/c1-10(2)19-13-11(14)12(17-8-18-13)16-4-3-6-20-7-5-15-9-20/h5,7-10H,3-4,6,14H2,1-2H3,(H2,16,17,18,19). The molecule has 2 aromatic rings. The molecule has 0 spiro atoms. The van der Waals surface area contributed by atoms with Gasteiger partial charge in [-0.15, -0.1) is 0 Å². The summed E-state index contributed by atoms with van der Waals surface area (Å²) in [4.78, 5) is 12.3. The van der Waals surface area contributed by atoms with Gasteiger partial charge in [-0.3, -0.25) is 0 Å². The van der Waals surface area contributed by atoms with Crippen molar-refractivity contribution < 1.29 is 0 Å². The van der Waals surface area contributed by atoms with Crippen LogP contribution in [-0.2, 0) is 6.54 Å². The molecule has 20 heavy (non-hydrogen) atoms. The fourth-order valence-corrected chi connectivity index (χ4v) is 1.81. The van der Waals surface area contributed by atoms with Crippen molar-refractivity contribution in [2.24, 2.45) is 0 Å². The van der Waals surface area contributed by atoms with Crippen LogP contribution < -0.4 is 16.4 Å². The van der Waals surface area contributed by atoms with Crippen molar-refractivity contribution in [2.45, 2.75) is 32.9 Å². The van der Waals surface area contributed by atoms with Crippen LogP contribution in [0.15, 0.2) is 25.0 Å². The molecule has 0 bridgehead atoms. The molecule has 7 heteroatoms. The molecule has 108 valence electrons. The highest BCUT2D eigenvalue weighted by molar-refractivity contribution is 5.74. The van der Waals surface area contributed by atoms with Gasteiger partial charge in [-0.2, -0.15) is 0 Å². The second-order valence-electron chi connectivity index (χ2n) is 4.86. The molecule has 4 N–H and O–H groups in total. The Morgan fingerprint density at radius 1 is 1.30 bits per heavy atom. The molecule has 2 rings (SSSR count). The average Bonchev–Trinajstić information content (AvgIpc) is 2.91. The summed E-state index contributed by atoms with van der Waals surface area (Å²) in [6, 6.07) is 0.279. The van der Waals surface area contributed by atoms with Crippen LogP contribution >= 0.6 is 0 Å². The number of nitrogen functional groups attached to an aromatic ring is 1. The maximum atomic E-state index is 6.04. The third kappa shape index (κ3) is 3.84. The Bertz CT molecular complexity index is 522. The topological polar surface area (TPSA) is 93.7 Å². The van der Waals surface area contributed by atoms with Crippen molar-refractivity contribution in [3.63, 3.8) is 0 Å². The molecule has 0 radical (unpaired) electrons. The number of aromatic nitrogens is 4. The zero-order valence-electron chi connectivity index (χ0n) is 11.9. The van der Waals surface area contributed by atoms with Crippen LogP contribution in [0.5, 0.6) is 0 Å². The lowest BCUT2D eigenvalue weighted by Crippen LogP contribution is -2.15. The highest BCUT2D eigenvalue weighted by Crippen LogP contribution is 2.22. The van der Waals surface area contributed by atoms with Crippen LogP contribution in [0.1, 0.15) is 20.3 Å². The summed E-state index contributed by atoms with van der Waals surface area (Å²) >= 11 is 0. The number of hydrogen-bond acceptors (Lipinski definition) is 6. The Morgan fingerprint density at radius 3 is 2.80 bits per heavy atom. The molecule has 0 unspecified atom stereocenters. The first kappa shape index (κ1) is 14.1. The number of nitrogens with one attached hydrogen (secondary N) is 2. The average molecular weight is 275 g/mol. The first-order valence-corrected chi connectivity index (χ1v) is 6.73. The predicted octanol–water partition coefficient (Wildman–Crippen LogP) is 1.58. The van der Waals surface area contributed by atoms with Gasteiger partial charge in [0, 0.05) is 31.5 Å². The van der Waals surface area contributed by atoms with Crippen molar-refractivity contribution >= 4 is 17.3 Å². The van der Waals surface area contributed by atoms with Crippen LogP contribution in [0.3, 0.4) is 0 Å². The summed E-state index contributed by atoms with van der Waals surface area (Å²) in [6.45, 7) is 5.79. The molecular weight excluding hydrogens is 254 g/mol. The number of anilines is 3. The van der Waals surface area contributed by atoms with E-state index in [-0.39, 0.29) is 6.04 Å². The van der Waals surface area contributed by atoms with Crippen molar-refractivity contribution in [1.29, 1.82) is 0 Å². The number of hydrogen-bond donors (Lipinski definition) is 3. The normalized spacial score (nSPS) is 10.8. The van der Waals surface area contributed by atoms with Gasteiger partial charge in [0.15, 0.2) is 11.6 Å². The van der Waals surface area contributed by atoms with Crippen molar-refractivity contribution in [1.82, 2.24) is 19.5 Å². The predicted molar refractivity (Wildman–Crippen MR) is 80.5 cm³/mol. The van der Waals surface area contributed by atoms with E-state index in [1.54, 1.807) is 6.20 Å². The lowest BCUT2D eigenvalue weighted by molar-refractivity contribution is 0.660. The zero-order valence-corrected chi connectivity index (χ0v) is 11.9. The molecule has 0 saturated carbocycles. The van der Waals surface area contributed by atoms with E-state index in [1.165, 1.54) is 6.33 Å². The molecule has 0 fully saturated rings. The highest BCUT2D eigenvalue weighted by Gasteiger charge is 2.08. The first-order valence-electron chi connectivity index (χ1n) is 6.73. The summed E-state index contributed by atoms with van der Waals surface area (Å²) in [5.74, 6) is 1.35. The number of nitrogens with zero attached hydrogens (tertiary/aromatic N) is 4. The minimum atomic E-state index is 0.279. The van der Waals surface area contributed by atoms with E-state index in [0.717, 1.165) is 19.5 Å². The minimum Gasteiger partial charge on any atom is -0.393 e. The Labute approximate surface area is 118 Å². The van der Waals surface area contributed by atoms with Crippen molar-refractivity contribution in [3.05, 3.63) is 25.0 Å². The van der Waals surface area contributed by atoms with E-state index < -0.39 is 0 Å². The quantitative estimate of drug-likeness (QED) is 0.664. The van der Waals surface area contributed by atoms with E-state index in [2.05, 4.69) is 25.6 Å². The minimum absolute atomic E-state index is 0.279. The van der Waals surface area contributed by atoms with Gasteiger partial charge in [-0.25, -0.2) is 15.0 Å². The van der Waals surface area contributed by atoms with Gasteiger partial charge in [0.05, 0.1) is 6.33 Å². The Hall–Kier alpha value is -2.31. The summed E-state index contributed by atoms with van der Waals surface area (Å²) in [5.41, 5.74) is 6.60. The summed E-state index contributed by atoms with van der Waals surface area (Å²) < 4.78 is 2.04. The zero-order chi connectivity index (χ0) is 14.4. The van der Waals surface area contributed by atoms with Gasteiger partial charge >= 0.3 is 0 Å². The molecule has 0 aliphatic carbocycles. The van der Waals surface area contributed by atoms with Gasteiger partial charge < -0.3 is 20.9 Å². The molecule has 2 aromatic heterocycles. The second kappa shape index (κ2) is 6.74. The highest BCUT2D eigenvalue weighted by atomic mass is 15.1. The molecule has 0 aliphatic rings. The van der Waals surface area contributed by atoms with E-state index in [1.807, 2.05) is 30.9 Å². The molecule has 0 aliphatic heterocycles. The van der Waals surface area contributed by atoms with Gasteiger partial charge in [0.1, 0.15) is 12.0 Å². The van der Waals surface area contributed by atoms with E-state index in [0.29, 0.717) is 17.3 Å². The second-order valence-corrected chi connectivity index (χ2v) is 4.86. The Kier molecular flexibility index (Phi) is 4.75. The molecule has 0 aromatic carbocycles. The van der Waals surface area contributed by atoms with Gasteiger partial charge in [0.25, 0.3) is 0 Å². The maximum absolute atomic E-state index is 6.04. The fraction of sp³-hybridized carbons (Fsp3) is 0.462. The third-order valence-electron chi connectivity index (χ3n) is 2.75. The Morgan fingerprint density at radius 2 is 2.10 bits per heavy atom. The summed E-state index contributed by atoms with van der Waals surface area (Å²) in [7, 11) is 0. The van der Waals surface area contributed by atoms with Crippen LogP contribution in [0.25, 0.3) is 0 Å². The number of rotatable bonds is 7. The molecule has 2 heterocycles. The molecule has 0 amide bonds. The third-order valence-corrected chi connectivity index (χ3v) is 2.75. The number of aryl methyl sites for hydroxylation is 1. The SMILES string of the molecule is CC(C)Nc1ncnc(NCCCn2ccnc2)c1N. The maximum Gasteiger partial charge on any atom is 0.155 e. The first-order chi connectivity index (χ1) is 9.66. The van der Waals surface area contributed by atoms with Crippen molar-refractivity contribution in [3.8, 4) is 0 Å². The van der Waals surface area contributed by atoms with Crippen LogP contribution in [0, 0.1) is 0 Å². The van der Waals surface area contributed by atoms with E-state index in [4.69, 9.17) is 5.73 Å². The van der Waals surface area contributed by atoms with Gasteiger partial charge in [0.2, 0.25) is 0 Å².